The molecule has 1 saturated heterocycles. The van der Waals surface area contributed by atoms with Crippen LogP contribution in [0.15, 0.2) is 48.7 Å². The average Bonchev–Trinajstić information content (AvgIpc) is 3.11. The van der Waals surface area contributed by atoms with Crippen LogP contribution in [0, 0.1) is 5.82 Å². The molecule has 2 aromatic carbocycles. The second-order valence-corrected chi connectivity index (χ2v) is 7.67. The fraction of sp³-hybridized carbons (Fsp3) is 0.273. The Morgan fingerprint density at radius 3 is 2.53 bits per heavy atom. The molecule has 2 amide bonds. The van der Waals surface area contributed by atoms with E-state index < -0.39 is 0 Å². The van der Waals surface area contributed by atoms with Gasteiger partial charge in [0.25, 0.3) is 5.91 Å². The largest absolute Gasteiger partial charge is 0.366 e. The van der Waals surface area contributed by atoms with Gasteiger partial charge in [-0.2, -0.15) is 0 Å². The molecule has 2 heterocycles. The number of anilines is 1. The van der Waals surface area contributed by atoms with E-state index in [4.69, 9.17) is 11.6 Å². The predicted octanol–water partition coefficient (Wildman–Crippen LogP) is 3.14. The molecule has 4 rings (SSSR count). The number of fused-ring (bicyclic) bond motifs is 1. The molecule has 1 aliphatic heterocycles. The third-order valence-electron chi connectivity index (χ3n) is 5.43. The minimum atomic E-state index is -0.258. The van der Waals surface area contributed by atoms with E-state index in [2.05, 4.69) is 5.32 Å². The minimum Gasteiger partial charge on any atom is -0.366 e. The molecule has 0 bridgehead atoms. The van der Waals surface area contributed by atoms with Gasteiger partial charge in [0.05, 0.1) is 16.8 Å². The van der Waals surface area contributed by atoms with Crippen LogP contribution in [0.4, 0.5) is 10.1 Å². The molecular formula is C22H22ClFN4O2. The zero-order valence-corrected chi connectivity index (χ0v) is 17.3. The van der Waals surface area contributed by atoms with Crippen molar-refractivity contribution in [2.24, 2.45) is 0 Å². The number of para-hydroxylation sites is 1. The number of carbonyl (C=O) groups excluding carboxylic acids is 2. The Labute approximate surface area is 178 Å². The Morgan fingerprint density at radius 2 is 1.83 bits per heavy atom. The Hall–Kier alpha value is -3.06. The van der Waals surface area contributed by atoms with Crippen LogP contribution in [0.1, 0.15) is 10.4 Å². The summed E-state index contributed by atoms with van der Waals surface area (Å²) in [5.74, 6) is -0.526. The van der Waals surface area contributed by atoms with Crippen LogP contribution in [-0.4, -0.2) is 54.5 Å². The summed E-state index contributed by atoms with van der Waals surface area (Å²) in [6.07, 6.45) is 1.71. The molecule has 1 aromatic heterocycles. The lowest BCUT2D eigenvalue weighted by atomic mass is 10.1. The maximum atomic E-state index is 14.1. The number of aromatic nitrogens is 1. The second-order valence-electron chi connectivity index (χ2n) is 7.24. The fourth-order valence-corrected chi connectivity index (χ4v) is 4.00. The number of piperazine rings is 1. The summed E-state index contributed by atoms with van der Waals surface area (Å²) in [5.41, 5.74) is 1.82. The summed E-state index contributed by atoms with van der Waals surface area (Å²) < 4.78 is 15.8. The minimum absolute atomic E-state index is 0.0989. The molecule has 6 nitrogen and oxygen atoms in total. The summed E-state index contributed by atoms with van der Waals surface area (Å²) in [6.45, 7) is 2.18. The van der Waals surface area contributed by atoms with Crippen molar-refractivity contribution in [3.63, 3.8) is 0 Å². The molecule has 30 heavy (non-hydrogen) atoms. The quantitative estimate of drug-likeness (QED) is 0.694. The van der Waals surface area contributed by atoms with Crippen molar-refractivity contribution in [3.05, 3.63) is 65.1 Å². The summed E-state index contributed by atoms with van der Waals surface area (Å²) in [4.78, 5) is 28.9. The highest BCUT2D eigenvalue weighted by atomic mass is 35.5. The number of halogens is 2. The lowest BCUT2D eigenvalue weighted by Gasteiger charge is -2.36. The monoisotopic (exact) mass is 428 g/mol. The van der Waals surface area contributed by atoms with E-state index in [0.717, 1.165) is 10.9 Å². The lowest BCUT2D eigenvalue weighted by molar-refractivity contribution is -0.121. The van der Waals surface area contributed by atoms with Crippen molar-refractivity contribution in [1.82, 2.24) is 14.8 Å². The predicted molar refractivity (Wildman–Crippen MR) is 116 cm³/mol. The molecule has 0 spiro atoms. The van der Waals surface area contributed by atoms with E-state index in [1.165, 1.54) is 6.07 Å². The van der Waals surface area contributed by atoms with E-state index in [0.29, 0.717) is 42.5 Å². The molecule has 0 saturated carbocycles. The molecule has 156 valence electrons. The average molecular weight is 429 g/mol. The highest BCUT2D eigenvalue weighted by molar-refractivity contribution is 6.31. The van der Waals surface area contributed by atoms with Crippen molar-refractivity contribution in [2.75, 3.05) is 38.1 Å². The highest BCUT2D eigenvalue weighted by Crippen LogP contribution is 2.27. The standard InChI is InChI=1S/C22H22ClFN4O2/c1-25-21(29)14-28-13-17(16-7-6-15(23)12-20(16)28)22(30)27-10-8-26(9-11-27)19-5-3-2-4-18(19)24/h2-7,12-13H,8-11,14H2,1H3,(H,25,29). The zero-order chi connectivity index (χ0) is 21.3. The van der Waals surface area contributed by atoms with Crippen LogP contribution >= 0.6 is 11.6 Å². The first kappa shape index (κ1) is 20.2. The molecule has 8 heteroatoms. The molecular weight excluding hydrogens is 407 g/mol. The molecule has 0 radical (unpaired) electrons. The van der Waals surface area contributed by atoms with Crippen LogP contribution in [0.2, 0.25) is 5.02 Å². The summed E-state index contributed by atoms with van der Waals surface area (Å²) >= 11 is 6.14. The van der Waals surface area contributed by atoms with Gasteiger partial charge in [0.1, 0.15) is 12.4 Å². The van der Waals surface area contributed by atoms with Gasteiger partial charge >= 0.3 is 0 Å². The first-order valence-corrected chi connectivity index (χ1v) is 10.1. The van der Waals surface area contributed by atoms with Crippen molar-refractivity contribution >= 4 is 40.0 Å². The summed E-state index contributed by atoms with van der Waals surface area (Å²) in [7, 11) is 1.57. The first-order chi connectivity index (χ1) is 14.5. The van der Waals surface area contributed by atoms with Crippen LogP contribution in [-0.2, 0) is 11.3 Å². The zero-order valence-electron chi connectivity index (χ0n) is 16.6. The molecule has 1 N–H and O–H groups in total. The van der Waals surface area contributed by atoms with Gasteiger partial charge in [-0.05, 0) is 24.3 Å². The summed E-state index contributed by atoms with van der Waals surface area (Å²) in [6, 6.07) is 12.0. The van der Waals surface area contributed by atoms with Gasteiger partial charge in [-0.15, -0.1) is 0 Å². The van der Waals surface area contributed by atoms with Crippen LogP contribution in [0.3, 0.4) is 0 Å². The van der Waals surface area contributed by atoms with E-state index in [-0.39, 0.29) is 24.2 Å². The van der Waals surface area contributed by atoms with Gasteiger partial charge in [0.15, 0.2) is 0 Å². The Bertz CT molecular complexity index is 1110. The third-order valence-corrected chi connectivity index (χ3v) is 5.66. The van der Waals surface area contributed by atoms with E-state index in [1.54, 1.807) is 53.0 Å². The van der Waals surface area contributed by atoms with E-state index >= 15 is 0 Å². The van der Waals surface area contributed by atoms with Crippen molar-refractivity contribution in [1.29, 1.82) is 0 Å². The van der Waals surface area contributed by atoms with Crippen molar-refractivity contribution in [2.45, 2.75) is 6.54 Å². The molecule has 0 atom stereocenters. The van der Waals surface area contributed by atoms with Gasteiger partial charge in [-0.25, -0.2) is 4.39 Å². The number of amides is 2. The van der Waals surface area contributed by atoms with Crippen LogP contribution in [0.25, 0.3) is 10.9 Å². The molecule has 3 aromatic rings. The second kappa shape index (κ2) is 8.36. The SMILES string of the molecule is CNC(=O)Cn1cc(C(=O)N2CCN(c3ccccc3F)CC2)c2ccc(Cl)cc21. The van der Waals surface area contributed by atoms with Crippen molar-refractivity contribution in [3.8, 4) is 0 Å². The maximum Gasteiger partial charge on any atom is 0.256 e. The van der Waals surface area contributed by atoms with Crippen molar-refractivity contribution < 1.29 is 14.0 Å². The molecule has 0 unspecified atom stereocenters. The Balaban J connectivity index is 1.57. The number of hydrogen-bond acceptors (Lipinski definition) is 3. The van der Waals surface area contributed by atoms with E-state index in [9.17, 15) is 14.0 Å². The lowest BCUT2D eigenvalue weighted by Crippen LogP contribution is -2.49. The highest BCUT2D eigenvalue weighted by Gasteiger charge is 2.26. The number of rotatable bonds is 4. The fourth-order valence-electron chi connectivity index (χ4n) is 3.83. The van der Waals surface area contributed by atoms with E-state index in [1.807, 2.05) is 11.0 Å². The van der Waals surface area contributed by atoms with Crippen LogP contribution in [0.5, 0.6) is 0 Å². The number of carbonyl (C=O) groups is 2. The smallest absolute Gasteiger partial charge is 0.256 e. The maximum absolute atomic E-state index is 14.1. The number of nitrogens with one attached hydrogen (secondary N) is 1. The Kier molecular flexibility index (Phi) is 5.63. The molecule has 0 aliphatic carbocycles. The van der Waals surface area contributed by atoms with Gasteiger partial charge in [-0.3, -0.25) is 9.59 Å². The number of benzene rings is 2. The third kappa shape index (κ3) is 3.85. The summed E-state index contributed by atoms with van der Waals surface area (Å²) in [5, 5.41) is 3.89. The number of nitrogens with zero attached hydrogens (tertiary/aromatic N) is 3. The van der Waals surface area contributed by atoms with Gasteiger partial charge in [0, 0.05) is 49.8 Å². The molecule has 1 aliphatic rings. The van der Waals surface area contributed by atoms with Gasteiger partial charge < -0.3 is 19.7 Å². The number of likely N-dealkylation sites (N-methyl/N-ethyl adjacent to an activating group) is 1. The first-order valence-electron chi connectivity index (χ1n) is 9.75. The molecule has 1 fully saturated rings. The van der Waals surface area contributed by atoms with Crippen LogP contribution < -0.4 is 10.2 Å². The van der Waals surface area contributed by atoms with Gasteiger partial charge in [0.2, 0.25) is 5.91 Å². The Morgan fingerprint density at radius 1 is 1.10 bits per heavy atom. The van der Waals surface area contributed by atoms with Gasteiger partial charge in [-0.1, -0.05) is 29.8 Å². The topological polar surface area (TPSA) is 57.6 Å². The number of hydrogen-bond donors (Lipinski definition) is 1. The normalized spacial score (nSPS) is 14.2.